The molecule has 2 heterocycles. The van der Waals surface area contributed by atoms with Crippen LogP contribution in [0, 0.1) is 5.82 Å². The van der Waals surface area contributed by atoms with E-state index in [4.69, 9.17) is 20.3 Å². The van der Waals surface area contributed by atoms with Gasteiger partial charge in [0.05, 0.1) is 18.8 Å². The Labute approximate surface area is 111 Å². The van der Waals surface area contributed by atoms with Crippen molar-refractivity contribution in [3.8, 4) is 6.01 Å². The lowest BCUT2D eigenvalue weighted by Gasteiger charge is -2.39. The maximum Gasteiger partial charge on any atom is 0.298 e. The molecule has 0 aliphatic carbocycles. The van der Waals surface area contributed by atoms with Crippen molar-refractivity contribution in [2.75, 3.05) is 6.61 Å². The maximum atomic E-state index is 12.8. The summed E-state index contributed by atoms with van der Waals surface area (Å²) in [5.41, 5.74) is 4.57. The summed E-state index contributed by atoms with van der Waals surface area (Å²) < 4.78 is 23.0. The monoisotopic (exact) mass is 291 g/mol. The number of nitrogens with zero attached hydrogens (tertiary/aromatic N) is 1. The molecule has 0 aromatic carbocycles. The smallest absolute Gasteiger partial charge is 0.298 e. The average molecular weight is 291 g/mol. The van der Waals surface area contributed by atoms with Crippen LogP contribution in [0.4, 0.5) is 4.39 Å². The summed E-state index contributed by atoms with van der Waals surface area (Å²) in [6.45, 7) is -0.571. The molecule has 5 atom stereocenters. The number of aromatic amines is 1. The molecule has 1 aliphatic heterocycles. The van der Waals surface area contributed by atoms with E-state index in [1.165, 1.54) is 0 Å². The highest BCUT2D eigenvalue weighted by atomic mass is 19.1. The molecule has 1 aromatic heterocycles. The number of ether oxygens (including phenoxy) is 2. The first kappa shape index (κ1) is 14.8. The van der Waals surface area contributed by atoms with Gasteiger partial charge in [-0.1, -0.05) is 0 Å². The molecule has 10 heteroatoms. The van der Waals surface area contributed by atoms with E-state index in [0.717, 1.165) is 0 Å². The minimum Gasteiger partial charge on any atom is -0.433 e. The lowest BCUT2D eigenvalue weighted by Crippen LogP contribution is -2.63. The van der Waals surface area contributed by atoms with Crippen molar-refractivity contribution >= 4 is 0 Å². The molecule has 0 saturated carbocycles. The predicted molar refractivity (Wildman–Crippen MR) is 61.2 cm³/mol. The zero-order chi connectivity index (χ0) is 14.9. The normalized spacial score (nSPS) is 34.0. The van der Waals surface area contributed by atoms with E-state index in [0.29, 0.717) is 6.20 Å². The fraction of sp³-hybridized carbons (Fsp3) is 0.600. The molecule has 1 fully saturated rings. The number of aliphatic hydroxyl groups is 3. The average Bonchev–Trinajstić information content (AvgIpc) is 2.43. The minimum absolute atomic E-state index is 0.364. The van der Waals surface area contributed by atoms with E-state index in [-0.39, 0.29) is 6.01 Å². The van der Waals surface area contributed by atoms with E-state index >= 15 is 0 Å². The second-order valence-electron chi connectivity index (χ2n) is 4.27. The van der Waals surface area contributed by atoms with Crippen molar-refractivity contribution < 1.29 is 29.2 Å². The Morgan fingerprint density at radius 3 is 2.80 bits per heavy atom. The van der Waals surface area contributed by atoms with Crippen LogP contribution in [0.3, 0.4) is 0 Å². The molecule has 20 heavy (non-hydrogen) atoms. The summed E-state index contributed by atoms with van der Waals surface area (Å²) in [5, 5.41) is 28.3. The summed E-state index contributed by atoms with van der Waals surface area (Å²) in [4.78, 5) is 16.5. The first-order valence-corrected chi connectivity index (χ1v) is 5.73. The van der Waals surface area contributed by atoms with Crippen molar-refractivity contribution in [1.82, 2.24) is 9.97 Å². The molecule has 6 N–H and O–H groups in total. The molecule has 112 valence electrons. The van der Waals surface area contributed by atoms with Crippen molar-refractivity contribution in [3.05, 3.63) is 22.4 Å². The van der Waals surface area contributed by atoms with Crippen LogP contribution in [0.1, 0.15) is 0 Å². The van der Waals surface area contributed by atoms with Crippen LogP contribution in [0.5, 0.6) is 6.01 Å². The number of rotatable bonds is 3. The largest absolute Gasteiger partial charge is 0.433 e. The van der Waals surface area contributed by atoms with Crippen molar-refractivity contribution in [2.45, 2.75) is 30.6 Å². The number of H-pyrrole nitrogens is 1. The topological polar surface area (TPSA) is 151 Å². The van der Waals surface area contributed by atoms with Crippen LogP contribution in [0.15, 0.2) is 11.0 Å². The van der Waals surface area contributed by atoms with Gasteiger partial charge in [-0.15, -0.1) is 0 Å². The number of nitrogens with two attached hydrogens (primary N) is 1. The first-order chi connectivity index (χ1) is 9.43. The molecular formula is C10H14FN3O6. The number of halogens is 1. The van der Waals surface area contributed by atoms with Gasteiger partial charge >= 0.3 is 0 Å². The van der Waals surface area contributed by atoms with E-state index in [1.54, 1.807) is 0 Å². The third kappa shape index (κ3) is 2.78. The van der Waals surface area contributed by atoms with Gasteiger partial charge in [-0.25, -0.2) is 4.98 Å². The summed E-state index contributed by atoms with van der Waals surface area (Å²) in [6, 6.07) is -1.51. The Hall–Kier alpha value is -1.59. The molecule has 0 radical (unpaired) electrons. The van der Waals surface area contributed by atoms with E-state index in [2.05, 4.69) is 4.98 Å². The molecule has 0 bridgehead atoms. The Balaban J connectivity index is 2.15. The number of aliphatic hydroxyl groups excluding tert-OH is 3. The van der Waals surface area contributed by atoms with E-state index < -0.39 is 48.6 Å². The number of aromatic nitrogens is 2. The molecular weight excluding hydrogens is 277 g/mol. The van der Waals surface area contributed by atoms with Crippen LogP contribution in [-0.4, -0.2) is 62.5 Å². The predicted octanol–water partition coefficient (Wildman–Crippen LogP) is -2.95. The summed E-state index contributed by atoms with van der Waals surface area (Å²) in [7, 11) is 0. The zero-order valence-corrected chi connectivity index (χ0v) is 10.1. The molecule has 9 nitrogen and oxygen atoms in total. The van der Waals surface area contributed by atoms with Crippen molar-refractivity contribution in [2.24, 2.45) is 5.73 Å². The molecule has 1 saturated heterocycles. The molecule has 0 amide bonds. The minimum atomic E-state index is -1.40. The van der Waals surface area contributed by atoms with Gasteiger partial charge in [-0.2, -0.15) is 4.39 Å². The lowest BCUT2D eigenvalue weighted by molar-refractivity contribution is -0.240. The van der Waals surface area contributed by atoms with Crippen LogP contribution in [0.25, 0.3) is 0 Å². The number of hydrogen-bond donors (Lipinski definition) is 5. The van der Waals surface area contributed by atoms with Gasteiger partial charge in [0, 0.05) is 0 Å². The van der Waals surface area contributed by atoms with Gasteiger partial charge in [-0.3, -0.25) is 9.78 Å². The summed E-state index contributed by atoms with van der Waals surface area (Å²) >= 11 is 0. The highest BCUT2D eigenvalue weighted by Crippen LogP contribution is 2.21. The third-order valence-corrected chi connectivity index (χ3v) is 2.89. The van der Waals surface area contributed by atoms with Gasteiger partial charge in [0.2, 0.25) is 12.1 Å². The Morgan fingerprint density at radius 2 is 2.20 bits per heavy atom. The summed E-state index contributed by atoms with van der Waals surface area (Å²) in [6.07, 6.45) is -4.52. The number of hydrogen-bond acceptors (Lipinski definition) is 8. The van der Waals surface area contributed by atoms with E-state index in [1.807, 2.05) is 4.98 Å². The van der Waals surface area contributed by atoms with E-state index in [9.17, 15) is 19.4 Å². The SMILES string of the molecule is NC1C(Oc2ncc(F)c(=O)[nH]2)OC(CO)C(O)C1O. The van der Waals surface area contributed by atoms with Crippen LogP contribution in [0.2, 0.25) is 0 Å². The fourth-order valence-corrected chi connectivity index (χ4v) is 1.74. The van der Waals surface area contributed by atoms with Gasteiger partial charge in [0.15, 0.2) is 0 Å². The standard InChI is InChI=1S/C10H14FN3O6/c11-3-1-13-10(14-8(3)18)20-9-5(12)7(17)6(16)4(2-15)19-9/h1,4-7,9,15-17H,2,12H2,(H,13,14,18). The van der Waals surface area contributed by atoms with Crippen LogP contribution < -0.4 is 16.0 Å². The molecule has 2 rings (SSSR count). The van der Waals surface area contributed by atoms with Gasteiger partial charge in [0.1, 0.15) is 18.3 Å². The fourth-order valence-electron chi connectivity index (χ4n) is 1.74. The molecule has 5 unspecified atom stereocenters. The first-order valence-electron chi connectivity index (χ1n) is 5.73. The molecule has 1 aliphatic rings. The highest BCUT2D eigenvalue weighted by Gasteiger charge is 2.43. The highest BCUT2D eigenvalue weighted by molar-refractivity contribution is 4.99. The van der Waals surface area contributed by atoms with Gasteiger partial charge < -0.3 is 30.5 Å². The van der Waals surface area contributed by atoms with Crippen molar-refractivity contribution in [1.29, 1.82) is 0 Å². The second-order valence-corrected chi connectivity index (χ2v) is 4.27. The summed E-state index contributed by atoms with van der Waals surface area (Å²) in [5.74, 6) is -1.09. The van der Waals surface area contributed by atoms with Gasteiger partial charge in [-0.05, 0) is 0 Å². The van der Waals surface area contributed by atoms with Crippen LogP contribution in [-0.2, 0) is 4.74 Å². The van der Waals surface area contributed by atoms with Crippen LogP contribution >= 0.6 is 0 Å². The maximum absolute atomic E-state index is 12.8. The molecule has 1 aromatic rings. The second kappa shape index (κ2) is 5.81. The number of nitrogens with one attached hydrogen (secondary N) is 1. The third-order valence-electron chi connectivity index (χ3n) is 2.89. The Bertz CT molecular complexity index is 524. The zero-order valence-electron chi connectivity index (χ0n) is 10.1. The quantitative estimate of drug-likeness (QED) is 0.396. The van der Waals surface area contributed by atoms with Crippen molar-refractivity contribution in [3.63, 3.8) is 0 Å². The lowest BCUT2D eigenvalue weighted by atomic mass is 9.98. The Morgan fingerprint density at radius 1 is 1.50 bits per heavy atom. The van der Waals surface area contributed by atoms with Gasteiger partial charge in [0.25, 0.3) is 11.6 Å². The Kier molecular flexibility index (Phi) is 4.30. The molecule has 0 spiro atoms.